The summed E-state index contributed by atoms with van der Waals surface area (Å²) in [7, 11) is 0. The Morgan fingerprint density at radius 3 is 2.80 bits per heavy atom. The van der Waals surface area contributed by atoms with Crippen molar-refractivity contribution in [2.75, 3.05) is 18.0 Å². The molecule has 0 bridgehead atoms. The number of halogens is 1. The van der Waals surface area contributed by atoms with Gasteiger partial charge in [0.15, 0.2) is 5.13 Å². The van der Waals surface area contributed by atoms with E-state index in [0.29, 0.717) is 17.7 Å². The molecular weight excluding hydrogens is 341 g/mol. The maximum Gasteiger partial charge on any atom is 0.354 e. The van der Waals surface area contributed by atoms with E-state index in [-0.39, 0.29) is 11.5 Å². The van der Waals surface area contributed by atoms with E-state index in [0.717, 1.165) is 28.4 Å². The van der Waals surface area contributed by atoms with Crippen LogP contribution in [-0.2, 0) is 6.42 Å². The van der Waals surface area contributed by atoms with Crippen LogP contribution in [0.5, 0.6) is 0 Å². The van der Waals surface area contributed by atoms with Crippen LogP contribution in [0.15, 0.2) is 42.5 Å². The lowest BCUT2D eigenvalue weighted by Gasteiger charge is -2.12. The van der Waals surface area contributed by atoms with Gasteiger partial charge in [-0.3, -0.25) is 0 Å². The van der Waals surface area contributed by atoms with Gasteiger partial charge in [-0.1, -0.05) is 29.6 Å². The van der Waals surface area contributed by atoms with Gasteiger partial charge < -0.3 is 10.0 Å². The number of nitrogens with zero attached hydrogens (tertiary/aromatic N) is 3. The molecule has 3 aromatic rings. The van der Waals surface area contributed by atoms with E-state index in [1.807, 2.05) is 0 Å². The molecule has 3 heterocycles. The van der Waals surface area contributed by atoms with Crippen molar-refractivity contribution in [3.8, 4) is 0 Å². The summed E-state index contributed by atoms with van der Waals surface area (Å²) in [6.07, 6.45) is 4.49. The van der Waals surface area contributed by atoms with Gasteiger partial charge in [0.05, 0.1) is 10.2 Å². The highest BCUT2D eigenvalue weighted by atomic mass is 32.1. The number of rotatable bonds is 4. The number of benzene rings is 1. The molecule has 0 fully saturated rings. The van der Waals surface area contributed by atoms with Crippen LogP contribution < -0.4 is 4.90 Å². The predicted octanol–water partition coefficient (Wildman–Crippen LogP) is 3.50. The minimum absolute atomic E-state index is 0.0211. The van der Waals surface area contributed by atoms with Gasteiger partial charge in [-0.25, -0.2) is 19.2 Å². The number of carbonyl (C=O) groups is 1. The minimum Gasteiger partial charge on any atom is -0.477 e. The molecule has 0 saturated carbocycles. The smallest absolute Gasteiger partial charge is 0.354 e. The molecule has 0 saturated heterocycles. The molecule has 0 spiro atoms. The van der Waals surface area contributed by atoms with Gasteiger partial charge in [-0.15, -0.1) is 0 Å². The number of pyridine rings is 1. The maximum atomic E-state index is 14.0. The highest BCUT2D eigenvalue weighted by Gasteiger charge is 2.17. The van der Waals surface area contributed by atoms with E-state index in [1.165, 1.54) is 29.5 Å². The number of aromatic carboxylic acids is 1. The quantitative estimate of drug-likeness (QED) is 0.726. The summed E-state index contributed by atoms with van der Waals surface area (Å²) in [5.41, 5.74) is 2.01. The zero-order valence-corrected chi connectivity index (χ0v) is 14.0. The van der Waals surface area contributed by atoms with Gasteiger partial charge in [0, 0.05) is 25.2 Å². The molecule has 2 aromatic heterocycles. The first-order chi connectivity index (χ1) is 12.1. The van der Waals surface area contributed by atoms with Gasteiger partial charge in [0.1, 0.15) is 11.5 Å². The normalized spacial score (nSPS) is 13.7. The fourth-order valence-corrected chi connectivity index (χ4v) is 3.90. The van der Waals surface area contributed by atoms with Crippen LogP contribution in [0.2, 0.25) is 0 Å². The summed E-state index contributed by atoms with van der Waals surface area (Å²) in [6.45, 7) is 1.61. The molecule has 1 aliphatic heterocycles. The zero-order chi connectivity index (χ0) is 17.4. The summed E-state index contributed by atoms with van der Waals surface area (Å²) in [5.74, 6) is -1.41. The molecule has 4 rings (SSSR count). The van der Waals surface area contributed by atoms with Crippen LogP contribution in [-0.4, -0.2) is 34.1 Å². The van der Waals surface area contributed by atoms with Crippen molar-refractivity contribution >= 4 is 32.7 Å². The Balaban J connectivity index is 1.73. The van der Waals surface area contributed by atoms with Gasteiger partial charge in [0.2, 0.25) is 0 Å². The molecule has 1 N–H and O–H groups in total. The lowest BCUT2D eigenvalue weighted by atomic mass is 10.1. The van der Waals surface area contributed by atoms with Crippen molar-refractivity contribution in [3.63, 3.8) is 0 Å². The van der Waals surface area contributed by atoms with Gasteiger partial charge in [0.25, 0.3) is 0 Å². The van der Waals surface area contributed by atoms with E-state index < -0.39 is 5.97 Å². The first-order valence-electron chi connectivity index (χ1n) is 7.78. The number of hydrogen-bond acceptors (Lipinski definition) is 5. The second kappa shape index (κ2) is 6.25. The van der Waals surface area contributed by atoms with E-state index >= 15 is 0 Å². The van der Waals surface area contributed by atoms with Crippen LogP contribution in [0.1, 0.15) is 21.7 Å². The number of hydrogen-bond donors (Lipinski definition) is 1. The summed E-state index contributed by atoms with van der Waals surface area (Å²) in [4.78, 5) is 22.0. The van der Waals surface area contributed by atoms with E-state index in [2.05, 4.69) is 27.0 Å². The molecule has 126 valence electrons. The fraction of sp³-hybridized carbons (Fsp3) is 0.167. The SMILES string of the molecule is O=C(O)c1cccc(Cc2cc(F)cc3sc(N4CC=CC4)nc23)n1. The van der Waals surface area contributed by atoms with Crippen molar-refractivity contribution in [2.24, 2.45) is 0 Å². The van der Waals surface area contributed by atoms with Crippen molar-refractivity contribution < 1.29 is 14.3 Å². The van der Waals surface area contributed by atoms with Crippen LogP contribution >= 0.6 is 11.3 Å². The molecule has 0 unspecified atom stereocenters. The van der Waals surface area contributed by atoms with Crippen LogP contribution in [0, 0.1) is 5.82 Å². The standard InChI is InChI=1S/C18H14FN3O2S/c19-12-8-11(9-13-4-3-5-14(20-13)17(23)24)16-15(10-12)25-18(21-16)22-6-1-2-7-22/h1-5,8,10H,6-7,9H2,(H,23,24). The van der Waals surface area contributed by atoms with E-state index in [4.69, 9.17) is 5.11 Å². The average Bonchev–Trinajstić information content (AvgIpc) is 3.24. The Hall–Kier alpha value is -2.80. The molecule has 1 aromatic carbocycles. The Labute approximate surface area is 147 Å². The van der Waals surface area contributed by atoms with Crippen molar-refractivity contribution in [1.29, 1.82) is 0 Å². The lowest BCUT2D eigenvalue weighted by molar-refractivity contribution is 0.0690. The lowest BCUT2D eigenvalue weighted by Crippen LogP contribution is -2.17. The third-order valence-corrected chi connectivity index (χ3v) is 5.08. The summed E-state index contributed by atoms with van der Waals surface area (Å²) in [5, 5.41) is 9.93. The molecule has 5 nitrogen and oxygen atoms in total. The molecule has 0 aliphatic carbocycles. The van der Waals surface area contributed by atoms with Crippen molar-refractivity contribution in [1.82, 2.24) is 9.97 Å². The number of carboxylic acids is 1. The Morgan fingerprint density at radius 2 is 2.04 bits per heavy atom. The zero-order valence-electron chi connectivity index (χ0n) is 13.1. The fourth-order valence-electron chi connectivity index (χ4n) is 2.85. The number of fused-ring (bicyclic) bond motifs is 1. The molecule has 25 heavy (non-hydrogen) atoms. The molecule has 7 heteroatoms. The van der Waals surface area contributed by atoms with Crippen molar-refractivity contribution in [3.05, 3.63) is 65.3 Å². The number of aromatic nitrogens is 2. The van der Waals surface area contributed by atoms with Gasteiger partial charge in [-0.05, 0) is 29.8 Å². The average molecular weight is 355 g/mol. The first-order valence-corrected chi connectivity index (χ1v) is 8.60. The first kappa shape index (κ1) is 15.7. The van der Waals surface area contributed by atoms with Crippen LogP contribution in [0.3, 0.4) is 0 Å². The molecule has 0 radical (unpaired) electrons. The van der Waals surface area contributed by atoms with Crippen molar-refractivity contribution in [2.45, 2.75) is 6.42 Å². The Kier molecular flexibility index (Phi) is 3.93. The largest absolute Gasteiger partial charge is 0.477 e. The third kappa shape index (κ3) is 3.10. The summed E-state index contributed by atoms with van der Waals surface area (Å²) in [6, 6.07) is 7.76. The third-order valence-electron chi connectivity index (χ3n) is 4.01. The highest BCUT2D eigenvalue weighted by Crippen LogP contribution is 2.33. The van der Waals surface area contributed by atoms with E-state index in [9.17, 15) is 9.18 Å². The number of thiazole rings is 1. The molecule has 1 aliphatic rings. The Bertz CT molecular complexity index is 991. The molecular formula is C18H14FN3O2S. The number of anilines is 1. The minimum atomic E-state index is -1.08. The summed E-state index contributed by atoms with van der Waals surface area (Å²) >= 11 is 1.46. The summed E-state index contributed by atoms with van der Waals surface area (Å²) < 4.78 is 14.8. The van der Waals surface area contributed by atoms with Gasteiger partial charge >= 0.3 is 5.97 Å². The second-order valence-corrected chi connectivity index (χ2v) is 6.79. The van der Waals surface area contributed by atoms with Crippen LogP contribution in [0.25, 0.3) is 10.2 Å². The highest BCUT2D eigenvalue weighted by molar-refractivity contribution is 7.22. The molecule has 0 atom stereocenters. The Morgan fingerprint density at radius 1 is 1.24 bits per heavy atom. The monoisotopic (exact) mass is 355 g/mol. The van der Waals surface area contributed by atoms with E-state index in [1.54, 1.807) is 12.1 Å². The maximum absolute atomic E-state index is 14.0. The van der Waals surface area contributed by atoms with Gasteiger partial charge in [-0.2, -0.15) is 0 Å². The predicted molar refractivity (Wildman–Crippen MR) is 94.9 cm³/mol. The van der Waals surface area contributed by atoms with Crippen LogP contribution in [0.4, 0.5) is 9.52 Å². The topological polar surface area (TPSA) is 66.3 Å². The molecule has 0 amide bonds. The second-order valence-electron chi connectivity index (χ2n) is 5.78. The number of carboxylic acid groups (broad SMARTS) is 1.